The summed E-state index contributed by atoms with van der Waals surface area (Å²) in [6.07, 6.45) is 1.60. The Hall–Kier alpha value is -1.55. The largest absolute Gasteiger partial charge is 0.396 e. The first kappa shape index (κ1) is 11.9. The van der Waals surface area contributed by atoms with Crippen molar-refractivity contribution in [2.24, 2.45) is 0 Å². The molecule has 0 radical (unpaired) electrons. The van der Waals surface area contributed by atoms with E-state index in [0.29, 0.717) is 12.0 Å². The minimum Gasteiger partial charge on any atom is -0.396 e. The lowest BCUT2D eigenvalue weighted by Gasteiger charge is -2.13. The molecule has 2 rings (SSSR count). The number of benzene rings is 1. The third kappa shape index (κ3) is 2.77. The number of nitrogens with one attached hydrogen (secondary N) is 2. The van der Waals surface area contributed by atoms with Crippen LogP contribution in [-0.2, 0) is 6.42 Å². The lowest BCUT2D eigenvalue weighted by atomic mass is 10.1. The summed E-state index contributed by atoms with van der Waals surface area (Å²) in [5, 5.41) is 14.9. The molecule has 1 heterocycles. The van der Waals surface area contributed by atoms with Gasteiger partial charge in [0, 0.05) is 30.4 Å². The van der Waals surface area contributed by atoms with Gasteiger partial charge < -0.3 is 15.7 Å². The molecule has 1 aliphatic rings. The second-order valence-electron chi connectivity index (χ2n) is 4.44. The number of anilines is 1. The molecule has 0 fully saturated rings. The average molecular weight is 234 g/mol. The van der Waals surface area contributed by atoms with Crippen LogP contribution in [0.3, 0.4) is 0 Å². The molecule has 4 nitrogen and oxygen atoms in total. The molecule has 0 bridgehead atoms. The fraction of sp³-hybridized carbons (Fsp3) is 0.462. The molecular formula is C13H18N2O2. The van der Waals surface area contributed by atoms with E-state index in [1.54, 1.807) is 0 Å². The van der Waals surface area contributed by atoms with Crippen LogP contribution >= 0.6 is 0 Å². The fourth-order valence-electron chi connectivity index (χ4n) is 2.01. The minimum absolute atomic E-state index is 0.00582. The first-order valence-electron chi connectivity index (χ1n) is 5.99. The Balaban J connectivity index is 2.04. The van der Waals surface area contributed by atoms with E-state index in [1.807, 2.05) is 25.1 Å². The van der Waals surface area contributed by atoms with Crippen molar-refractivity contribution >= 4 is 11.6 Å². The van der Waals surface area contributed by atoms with Crippen molar-refractivity contribution in [2.75, 3.05) is 18.5 Å². The zero-order chi connectivity index (χ0) is 12.3. The second-order valence-corrected chi connectivity index (χ2v) is 4.44. The monoisotopic (exact) mass is 234 g/mol. The number of rotatable bonds is 4. The van der Waals surface area contributed by atoms with Crippen LogP contribution in [0.4, 0.5) is 5.69 Å². The van der Waals surface area contributed by atoms with Crippen LogP contribution in [0.25, 0.3) is 0 Å². The molecule has 0 aliphatic carbocycles. The molecule has 1 amide bonds. The highest BCUT2D eigenvalue weighted by Gasteiger charge is 2.14. The number of carbonyl (C=O) groups excluding carboxylic acids is 1. The number of hydrogen-bond acceptors (Lipinski definition) is 3. The van der Waals surface area contributed by atoms with Crippen molar-refractivity contribution in [1.82, 2.24) is 5.32 Å². The van der Waals surface area contributed by atoms with Gasteiger partial charge in [-0.2, -0.15) is 0 Å². The molecule has 1 atom stereocenters. The zero-order valence-corrected chi connectivity index (χ0v) is 9.99. The van der Waals surface area contributed by atoms with E-state index in [2.05, 4.69) is 10.6 Å². The summed E-state index contributed by atoms with van der Waals surface area (Å²) in [4.78, 5) is 11.9. The molecule has 0 aromatic heterocycles. The van der Waals surface area contributed by atoms with Crippen molar-refractivity contribution in [3.63, 3.8) is 0 Å². The summed E-state index contributed by atoms with van der Waals surface area (Å²) in [7, 11) is 0. The highest BCUT2D eigenvalue weighted by atomic mass is 16.3. The third-order valence-electron chi connectivity index (χ3n) is 3.02. The number of amides is 1. The lowest BCUT2D eigenvalue weighted by Crippen LogP contribution is -2.33. The molecule has 4 heteroatoms. The van der Waals surface area contributed by atoms with Crippen molar-refractivity contribution < 1.29 is 9.90 Å². The van der Waals surface area contributed by atoms with Gasteiger partial charge in [0.2, 0.25) is 0 Å². The van der Waals surface area contributed by atoms with Gasteiger partial charge in [0.15, 0.2) is 0 Å². The molecule has 92 valence electrons. The van der Waals surface area contributed by atoms with Crippen molar-refractivity contribution in [1.29, 1.82) is 0 Å². The van der Waals surface area contributed by atoms with Crippen LogP contribution in [0.1, 0.15) is 29.3 Å². The van der Waals surface area contributed by atoms with E-state index >= 15 is 0 Å². The molecule has 1 aromatic rings. The van der Waals surface area contributed by atoms with Gasteiger partial charge in [-0.1, -0.05) is 6.07 Å². The molecule has 3 N–H and O–H groups in total. The summed E-state index contributed by atoms with van der Waals surface area (Å²) in [5.41, 5.74) is 3.00. The average Bonchev–Trinajstić information content (AvgIpc) is 2.75. The number of aliphatic hydroxyl groups is 1. The van der Waals surface area contributed by atoms with E-state index in [-0.39, 0.29) is 18.6 Å². The fourth-order valence-corrected chi connectivity index (χ4v) is 2.01. The number of hydrogen-bond donors (Lipinski definition) is 3. The van der Waals surface area contributed by atoms with Crippen molar-refractivity contribution in [3.05, 3.63) is 29.3 Å². The van der Waals surface area contributed by atoms with Crippen LogP contribution in [0.5, 0.6) is 0 Å². The molecule has 0 saturated heterocycles. The number of fused-ring (bicyclic) bond motifs is 1. The smallest absolute Gasteiger partial charge is 0.251 e. The molecule has 1 unspecified atom stereocenters. The standard InChI is InChI=1S/C13H18N2O2/c1-9(5-7-16)15-13(17)11-3-2-10-4-6-14-12(10)8-11/h2-3,8-9,14,16H,4-7H2,1H3,(H,15,17). The van der Waals surface area contributed by atoms with Crippen LogP contribution < -0.4 is 10.6 Å². The Bertz CT molecular complexity index is 418. The quantitative estimate of drug-likeness (QED) is 0.732. The molecule has 1 aromatic carbocycles. The predicted molar refractivity (Wildman–Crippen MR) is 67.3 cm³/mol. The van der Waals surface area contributed by atoms with Crippen LogP contribution in [0.15, 0.2) is 18.2 Å². The molecule has 17 heavy (non-hydrogen) atoms. The maximum Gasteiger partial charge on any atom is 0.251 e. The van der Waals surface area contributed by atoms with E-state index in [0.717, 1.165) is 18.7 Å². The predicted octanol–water partition coefficient (Wildman–Crippen LogP) is 1.16. The van der Waals surface area contributed by atoms with Crippen LogP contribution in [0.2, 0.25) is 0 Å². The SMILES string of the molecule is CC(CCO)NC(=O)c1ccc2c(c1)NCC2. The van der Waals surface area contributed by atoms with Crippen molar-refractivity contribution in [3.8, 4) is 0 Å². The van der Waals surface area contributed by atoms with E-state index < -0.39 is 0 Å². The number of aliphatic hydroxyl groups excluding tert-OH is 1. The maximum absolute atomic E-state index is 11.9. The van der Waals surface area contributed by atoms with Gasteiger partial charge in [-0.25, -0.2) is 0 Å². The van der Waals surface area contributed by atoms with E-state index in [4.69, 9.17) is 5.11 Å². The first-order valence-corrected chi connectivity index (χ1v) is 5.99. The van der Waals surface area contributed by atoms with E-state index in [1.165, 1.54) is 5.56 Å². The highest BCUT2D eigenvalue weighted by Crippen LogP contribution is 2.23. The van der Waals surface area contributed by atoms with Gasteiger partial charge in [-0.15, -0.1) is 0 Å². The van der Waals surface area contributed by atoms with E-state index in [9.17, 15) is 4.79 Å². The van der Waals surface area contributed by atoms with Gasteiger partial charge in [0.25, 0.3) is 5.91 Å². The Morgan fingerprint density at radius 1 is 1.59 bits per heavy atom. The first-order chi connectivity index (χ1) is 8.20. The van der Waals surface area contributed by atoms with Gasteiger partial charge in [0.1, 0.15) is 0 Å². The zero-order valence-electron chi connectivity index (χ0n) is 9.99. The minimum atomic E-state index is -0.0811. The van der Waals surface area contributed by atoms with Gasteiger partial charge in [-0.05, 0) is 37.5 Å². The summed E-state index contributed by atoms with van der Waals surface area (Å²) >= 11 is 0. The molecule has 0 saturated carbocycles. The third-order valence-corrected chi connectivity index (χ3v) is 3.02. The van der Waals surface area contributed by atoms with Crippen LogP contribution in [0, 0.1) is 0 Å². The van der Waals surface area contributed by atoms with Crippen LogP contribution in [-0.4, -0.2) is 30.2 Å². The van der Waals surface area contributed by atoms with Crippen molar-refractivity contribution in [2.45, 2.75) is 25.8 Å². The Kier molecular flexibility index (Phi) is 3.64. The maximum atomic E-state index is 11.9. The summed E-state index contributed by atoms with van der Waals surface area (Å²) in [6, 6.07) is 5.74. The van der Waals surface area contributed by atoms with Gasteiger partial charge >= 0.3 is 0 Å². The normalized spacial score (nSPS) is 14.9. The lowest BCUT2D eigenvalue weighted by molar-refractivity contribution is 0.0934. The Morgan fingerprint density at radius 2 is 2.41 bits per heavy atom. The Morgan fingerprint density at radius 3 is 3.18 bits per heavy atom. The van der Waals surface area contributed by atoms with Gasteiger partial charge in [0.05, 0.1) is 0 Å². The summed E-state index contributed by atoms with van der Waals surface area (Å²) in [6.45, 7) is 2.92. The topological polar surface area (TPSA) is 61.4 Å². The Labute approximate surface area is 101 Å². The number of carbonyl (C=O) groups is 1. The molecule has 1 aliphatic heterocycles. The second kappa shape index (κ2) is 5.19. The summed E-state index contributed by atoms with van der Waals surface area (Å²) in [5.74, 6) is -0.0811. The van der Waals surface area contributed by atoms with Gasteiger partial charge in [-0.3, -0.25) is 4.79 Å². The molecule has 0 spiro atoms. The highest BCUT2D eigenvalue weighted by molar-refractivity contribution is 5.95. The summed E-state index contributed by atoms with van der Waals surface area (Å²) < 4.78 is 0. The molecular weight excluding hydrogens is 216 g/mol.